The van der Waals surface area contributed by atoms with Crippen LogP contribution in [0.25, 0.3) is 0 Å². The molecule has 0 atom stereocenters. The molecule has 0 saturated carbocycles. The molecule has 0 aromatic rings. The fraction of sp³-hybridized carbons (Fsp3) is 0.950. The van der Waals surface area contributed by atoms with Crippen molar-refractivity contribution < 1.29 is 9.47 Å². The number of hydrogen-bond donors (Lipinski definition) is 2. The molecule has 0 unspecified atom stereocenters. The Morgan fingerprint density at radius 1 is 1.15 bits per heavy atom. The van der Waals surface area contributed by atoms with Gasteiger partial charge in [-0.2, -0.15) is 0 Å². The van der Waals surface area contributed by atoms with E-state index in [9.17, 15) is 0 Å². The summed E-state index contributed by atoms with van der Waals surface area (Å²) in [7, 11) is 0. The van der Waals surface area contributed by atoms with Crippen molar-refractivity contribution in [3.05, 3.63) is 0 Å². The molecule has 1 saturated heterocycles. The van der Waals surface area contributed by atoms with Gasteiger partial charge in [0.05, 0.1) is 0 Å². The first kappa shape index (κ1) is 26.9. The zero-order valence-electron chi connectivity index (χ0n) is 18.1. The molecule has 1 aliphatic rings. The fourth-order valence-electron chi connectivity index (χ4n) is 3.28. The molecule has 1 rings (SSSR count). The summed E-state index contributed by atoms with van der Waals surface area (Å²) in [6.45, 7) is 18.1. The highest BCUT2D eigenvalue weighted by molar-refractivity contribution is 14.0. The summed E-state index contributed by atoms with van der Waals surface area (Å²) in [6.07, 6.45) is 3.23. The Kier molecular flexibility index (Phi) is 16.7. The van der Waals surface area contributed by atoms with Gasteiger partial charge in [0, 0.05) is 64.7 Å². The fourth-order valence-corrected chi connectivity index (χ4v) is 3.28. The SMILES string of the molecule is CCNC(=NCCCOCC1CCOCC1)NCCN(C(C)C)C(C)C.I. The molecule has 0 aromatic carbocycles. The predicted octanol–water partition coefficient (Wildman–Crippen LogP) is 3.11. The quantitative estimate of drug-likeness (QED) is 0.188. The van der Waals surface area contributed by atoms with Gasteiger partial charge in [0.25, 0.3) is 0 Å². The predicted molar refractivity (Wildman–Crippen MR) is 125 cm³/mol. The number of guanidine groups is 1. The average Bonchev–Trinajstić information content (AvgIpc) is 2.61. The van der Waals surface area contributed by atoms with Crippen molar-refractivity contribution in [2.75, 3.05) is 52.6 Å². The minimum atomic E-state index is 0. The number of nitrogens with one attached hydrogen (secondary N) is 2. The van der Waals surface area contributed by atoms with Crippen molar-refractivity contribution in [1.82, 2.24) is 15.5 Å². The molecule has 2 N–H and O–H groups in total. The first-order chi connectivity index (χ1) is 12.5. The van der Waals surface area contributed by atoms with Crippen LogP contribution in [0.4, 0.5) is 0 Å². The van der Waals surface area contributed by atoms with Gasteiger partial charge in [-0.05, 0) is 59.8 Å². The average molecular weight is 498 g/mol. The molecule has 6 nitrogen and oxygen atoms in total. The van der Waals surface area contributed by atoms with Crippen molar-refractivity contribution in [2.45, 2.75) is 66.0 Å². The van der Waals surface area contributed by atoms with Crippen LogP contribution in [-0.2, 0) is 9.47 Å². The minimum absolute atomic E-state index is 0. The monoisotopic (exact) mass is 498 g/mol. The molecule has 0 radical (unpaired) electrons. The number of aliphatic imine (C=N–C) groups is 1. The van der Waals surface area contributed by atoms with E-state index < -0.39 is 0 Å². The lowest BCUT2D eigenvalue weighted by Crippen LogP contribution is -2.45. The molecule has 1 fully saturated rings. The Bertz CT molecular complexity index is 367. The Balaban J connectivity index is 0.00000676. The van der Waals surface area contributed by atoms with Gasteiger partial charge in [-0.3, -0.25) is 9.89 Å². The first-order valence-electron chi connectivity index (χ1n) is 10.5. The number of ether oxygens (including phenoxy) is 2. The molecule has 0 bridgehead atoms. The van der Waals surface area contributed by atoms with Crippen LogP contribution in [0.3, 0.4) is 0 Å². The van der Waals surface area contributed by atoms with Crippen LogP contribution in [0.15, 0.2) is 4.99 Å². The lowest BCUT2D eigenvalue weighted by Gasteiger charge is -2.30. The van der Waals surface area contributed by atoms with E-state index in [2.05, 4.69) is 55.1 Å². The topological polar surface area (TPSA) is 58.1 Å². The van der Waals surface area contributed by atoms with E-state index in [1.54, 1.807) is 0 Å². The number of halogens is 1. The summed E-state index contributed by atoms with van der Waals surface area (Å²) in [4.78, 5) is 7.15. The Labute approximate surface area is 184 Å². The van der Waals surface area contributed by atoms with Crippen molar-refractivity contribution in [3.8, 4) is 0 Å². The standard InChI is InChI=1S/C20H42N4O2.HI/c1-6-21-20(23-11-12-24(17(2)3)18(4)5)22-10-7-13-26-16-19-8-14-25-15-9-19;/h17-19H,6-16H2,1-5H3,(H2,21,22,23);1H. The highest BCUT2D eigenvalue weighted by Crippen LogP contribution is 2.14. The van der Waals surface area contributed by atoms with Crippen LogP contribution in [0.5, 0.6) is 0 Å². The molecule has 162 valence electrons. The zero-order valence-corrected chi connectivity index (χ0v) is 20.5. The Hall–Kier alpha value is -0.120. The number of rotatable bonds is 12. The van der Waals surface area contributed by atoms with Gasteiger partial charge in [0.15, 0.2) is 5.96 Å². The molecule has 27 heavy (non-hydrogen) atoms. The van der Waals surface area contributed by atoms with E-state index in [0.29, 0.717) is 18.0 Å². The second-order valence-electron chi connectivity index (χ2n) is 7.60. The molecule has 0 spiro atoms. The second-order valence-corrected chi connectivity index (χ2v) is 7.60. The van der Waals surface area contributed by atoms with E-state index in [1.165, 1.54) is 0 Å². The van der Waals surface area contributed by atoms with Gasteiger partial charge in [-0.1, -0.05) is 0 Å². The molecular weight excluding hydrogens is 455 g/mol. The van der Waals surface area contributed by atoms with Crippen LogP contribution in [0.1, 0.15) is 53.9 Å². The molecule has 1 heterocycles. The summed E-state index contributed by atoms with van der Waals surface area (Å²) < 4.78 is 11.2. The van der Waals surface area contributed by atoms with Gasteiger partial charge in [0.1, 0.15) is 0 Å². The minimum Gasteiger partial charge on any atom is -0.381 e. The van der Waals surface area contributed by atoms with E-state index in [1.807, 2.05) is 0 Å². The molecule has 0 aromatic heterocycles. The van der Waals surface area contributed by atoms with Gasteiger partial charge in [-0.25, -0.2) is 0 Å². The second kappa shape index (κ2) is 16.8. The van der Waals surface area contributed by atoms with Gasteiger partial charge in [-0.15, -0.1) is 24.0 Å². The summed E-state index contributed by atoms with van der Waals surface area (Å²) >= 11 is 0. The maximum atomic E-state index is 5.81. The third-order valence-electron chi connectivity index (χ3n) is 4.74. The van der Waals surface area contributed by atoms with Crippen LogP contribution in [0.2, 0.25) is 0 Å². The largest absolute Gasteiger partial charge is 0.381 e. The lowest BCUT2D eigenvalue weighted by molar-refractivity contribution is 0.0205. The van der Waals surface area contributed by atoms with Gasteiger partial charge < -0.3 is 20.1 Å². The number of nitrogens with zero attached hydrogens (tertiary/aromatic N) is 2. The van der Waals surface area contributed by atoms with Crippen molar-refractivity contribution in [1.29, 1.82) is 0 Å². The van der Waals surface area contributed by atoms with Crippen molar-refractivity contribution in [2.24, 2.45) is 10.9 Å². The van der Waals surface area contributed by atoms with Gasteiger partial charge >= 0.3 is 0 Å². The van der Waals surface area contributed by atoms with Crippen LogP contribution in [0, 0.1) is 5.92 Å². The molecule has 7 heteroatoms. The van der Waals surface area contributed by atoms with Crippen molar-refractivity contribution in [3.63, 3.8) is 0 Å². The van der Waals surface area contributed by atoms with E-state index in [0.717, 1.165) is 77.8 Å². The Morgan fingerprint density at radius 3 is 2.41 bits per heavy atom. The highest BCUT2D eigenvalue weighted by atomic mass is 127. The number of hydrogen-bond acceptors (Lipinski definition) is 4. The summed E-state index contributed by atoms with van der Waals surface area (Å²) in [5.74, 6) is 1.58. The maximum Gasteiger partial charge on any atom is 0.191 e. The van der Waals surface area contributed by atoms with Crippen LogP contribution < -0.4 is 10.6 Å². The molecular formula is C20H43IN4O2. The van der Waals surface area contributed by atoms with Crippen LogP contribution in [-0.4, -0.2) is 75.5 Å². The van der Waals surface area contributed by atoms with E-state index in [-0.39, 0.29) is 24.0 Å². The first-order valence-corrected chi connectivity index (χ1v) is 10.5. The highest BCUT2D eigenvalue weighted by Gasteiger charge is 2.14. The normalized spacial score (nSPS) is 16.1. The molecule has 0 amide bonds. The third kappa shape index (κ3) is 12.9. The van der Waals surface area contributed by atoms with Crippen LogP contribution >= 0.6 is 24.0 Å². The molecule has 1 aliphatic heterocycles. The summed E-state index contributed by atoms with van der Waals surface area (Å²) in [5, 5.41) is 6.77. The van der Waals surface area contributed by atoms with E-state index >= 15 is 0 Å². The van der Waals surface area contributed by atoms with E-state index in [4.69, 9.17) is 9.47 Å². The summed E-state index contributed by atoms with van der Waals surface area (Å²) in [5.41, 5.74) is 0. The summed E-state index contributed by atoms with van der Waals surface area (Å²) in [6, 6.07) is 1.12. The smallest absolute Gasteiger partial charge is 0.191 e. The lowest BCUT2D eigenvalue weighted by atomic mass is 10.0. The van der Waals surface area contributed by atoms with Gasteiger partial charge in [0.2, 0.25) is 0 Å². The zero-order chi connectivity index (χ0) is 19.2. The molecule has 0 aliphatic carbocycles. The van der Waals surface area contributed by atoms with Crippen molar-refractivity contribution >= 4 is 29.9 Å². The maximum absolute atomic E-state index is 5.81. The Morgan fingerprint density at radius 2 is 1.81 bits per heavy atom. The third-order valence-corrected chi connectivity index (χ3v) is 4.74.